The molecular formula is C28H34N6O6S. The predicted molar refractivity (Wildman–Crippen MR) is 155 cm³/mol. The number of carbonyl (C=O) groups is 1. The average Bonchev–Trinajstić information content (AvgIpc) is 3.36. The van der Waals surface area contributed by atoms with Gasteiger partial charge in [0.15, 0.2) is 20.6 Å². The highest BCUT2D eigenvalue weighted by molar-refractivity contribution is 7.90. The van der Waals surface area contributed by atoms with Gasteiger partial charge in [0.2, 0.25) is 5.91 Å². The number of hydrogen-bond acceptors (Lipinski definition) is 11. The third-order valence-corrected chi connectivity index (χ3v) is 7.70. The van der Waals surface area contributed by atoms with Crippen molar-refractivity contribution in [3.63, 3.8) is 0 Å². The van der Waals surface area contributed by atoms with Crippen molar-refractivity contribution in [2.45, 2.75) is 37.8 Å². The first kappa shape index (κ1) is 28.6. The van der Waals surface area contributed by atoms with E-state index in [1.165, 1.54) is 6.92 Å². The zero-order valence-corrected chi connectivity index (χ0v) is 24.5. The van der Waals surface area contributed by atoms with Gasteiger partial charge < -0.3 is 29.7 Å². The number of pyridine rings is 3. The highest BCUT2D eigenvalue weighted by Crippen LogP contribution is 2.38. The van der Waals surface area contributed by atoms with Crippen LogP contribution in [0.2, 0.25) is 0 Å². The molecule has 2 aliphatic heterocycles. The molecule has 0 radical (unpaired) electrons. The van der Waals surface area contributed by atoms with Crippen LogP contribution in [0.4, 0.5) is 23.0 Å². The maximum Gasteiger partial charge on any atom is 0.257 e. The lowest BCUT2D eigenvalue weighted by Crippen LogP contribution is -2.39. The van der Waals surface area contributed by atoms with E-state index in [2.05, 4.69) is 30.5 Å². The highest BCUT2D eigenvalue weighted by Gasteiger charge is 2.30. The number of fused-ring (bicyclic) bond motifs is 1. The summed E-state index contributed by atoms with van der Waals surface area (Å²) in [6, 6.07) is 8.63. The van der Waals surface area contributed by atoms with Gasteiger partial charge in [0, 0.05) is 68.9 Å². The van der Waals surface area contributed by atoms with Crippen LogP contribution in [-0.4, -0.2) is 74.5 Å². The number of sulfone groups is 1. The number of ether oxygens (including phenoxy) is 3. The quantitative estimate of drug-likeness (QED) is 0.401. The minimum atomic E-state index is -3.61. The predicted octanol–water partition coefficient (Wildman–Crippen LogP) is 3.67. The van der Waals surface area contributed by atoms with Gasteiger partial charge in [0.05, 0.1) is 18.0 Å². The van der Waals surface area contributed by atoms with Crippen molar-refractivity contribution in [3.8, 4) is 22.9 Å². The Morgan fingerprint density at radius 2 is 2.00 bits per heavy atom. The molecule has 0 aliphatic carbocycles. The average molecular weight is 583 g/mol. The SMILES string of the molecule is COC[C@@H]1CCN(c2cc(Nc3cc(NC(C)=O)ncc3-c3ccc4c(n3)OCC(C)(C)O4)nc(S(C)(=O)=O)c2)C1. The topological polar surface area (TPSA) is 145 Å². The maximum absolute atomic E-state index is 12.6. The molecule has 0 aromatic carbocycles. The molecule has 13 heteroatoms. The molecule has 218 valence electrons. The van der Waals surface area contributed by atoms with Crippen molar-refractivity contribution < 1.29 is 27.4 Å². The lowest BCUT2D eigenvalue weighted by atomic mass is 10.1. The molecule has 1 fully saturated rings. The van der Waals surface area contributed by atoms with Crippen molar-refractivity contribution in [2.75, 3.05) is 55.2 Å². The fourth-order valence-electron chi connectivity index (χ4n) is 4.84. The highest BCUT2D eigenvalue weighted by atomic mass is 32.2. The minimum Gasteiger partial charge on any atom is -0.479 e. The van der Waals surface area contributed by atoms with Crippen molar-refractivity contribution in [3.05, 3.63) is 36.5 Å². The third kappa shape index (κ3) is 6.68. The van der Waals surface area contributed by atoms with Crippen molar-refractivity contribution >= 4 is 38.8 Å². The van der Waals surface area contributed by atoms with Gasteiger partial charge in [-0.05, 0) is 38.5 Å². The Kier molecular flexibility index (Phi) is 7.75. The fourth-order valence-corrected chi connectivity index (χ4v) is 5.44. The van der Waals surface area contributed by atoms with Crippen LogP contribution >= 0.6 is 0 Å². The van der Waals surface area contributed by atoms with Gasteiger partial charge in [-0.15, -0.1) is 0 Å². The van der Waals surface area contributed by atoms with E-state index in [0.717, 1.165) is 31.5 Å². The zero-order chi connectivity index (χ0) is 29.4. The summed E-state index contributed by atoms with van der Waals surface area (Å²) in [6.45, 7) is 7.75. The number of nitrogens with one attached hydrogen (secondary N) is 2. The first-order valence-corrected chi connectivity index (χ1v) is 15.1. The first-order chi connectivity index (χ1) is 19.4. The zero-order valence-electron chi connectivity index (χ0n) is 23.7. The summed E-state index contributed by atoms with van der Waals surface area (Å²) in [4.78, 5) is 27.3. The molecule has 5 rings (SSSR count). The van der Waals surface area contributed by atoms with Crippen LogP contribution in [0, 0.1) is 5.92 Å². The normalized spacial score (nSPS) is 17.8. The van der Waals surface area contributed by atoms with Crippen LogP contribution in [0.1, 0.15) is 27.2 Å². The van der Waals surface area contributed by atoms with Gasteiger partial charge in [-0.2, -0.15) is 0 Å². The summed E-state index contributed by atoms with van der Waals surface area (Å²) in [5.41, 5.74) is 1.90. The van der Waals surface area contributed by atoms with E-state index in [4.69, 9.17) is 14.2 Å². The summed E-state index contributed by atoms with van der Waals surface area (Å²) < 4.78 is 42.4. The molecule has 0 unspecified atom stereocenters. The number of anilines is 4. The van der Waals surface area contributed by atoms with Gasteiger partial charge in [0.25, 0.3) is 5.88 Å². The standard InChI is InChI=1S/C28H34N6O6S/c1-17(35)30-24-12-22(20(13-29-24)21-6-7-23-27(32-21)39-16-28(2,3)40-23)31-25-10-19(11-26(33-25)41(5,36)37)34-9-8-18(14-34)15-38-4/h6-7,10-13,18H,8-9,14-16H2,1-5H3,(H2,29,30,31,33,35)/t18-/m1/s1. The largest absolute Gasteiger partial charge is 0.479 e. The molecule has 12 nitrogen and oxygen atoms in total. The van der Waals surface area contributed by atoms with E-state index in [9.17, 15) is 13.2 Å². The summed E-state index contributed by atoms with van der Waals surface area (Å²) in [5.74, 6) is 1.59. The van der Waals surface area contributed by atoms with E-state index in [1.54, 1.807) is 37.6 Å². The molecule has 5 heterocycles. The lowest BCUT2D eigenvalue weighted by Gasteiger charge is -2.31. The number of methoxy groups -OCH3 is 1. The summed E-state index contributed by atoms with van der Waals surface area (Å²) in [7, 11) is -1.94. The molecule has 1 atom stereocenters. The molecule has 41 heavy (non-hydrogen) atoms. The molecular weight excluding hydrogens is 548 g/mol. The Labute approximate surface area is 239 Å². The smallest absolute Gasteiger partial charge is 0.257 e. The van der Waals surface area contributed by atoms with Crippen LogP contribution < -0.4 is 25.0 Å². The maximum atomic E-state index is 12.6. The van der Waals surface area contributed by atoms with Crippen molar-refractivity contribution in [1.29, 1.82) is 0 Å². The van der Waals surface area contributed by atoms with Crippen molar-refractivity contribution in [1.82, 2.24) is 15.0 Å². The van der Waals surface area contributed by atoms with Gasteiger partial charge in [-0.1, -0.05) is 0 Å². The number of carbonyl (C=O) groups excluding carboxylic acids is 1. The van der Waals surface area contributed by atoms with Gasteiger partial charge in [-0.3, -0.25) is 4.79 Å². The Morgan fingerprint density at radius 3 is 2.73 bits per heavy atom. The van der Waals surface area contributed by atoms with E-state index in [-0.39, 0.29) is 10.9 Å². The number of aromatic nitrogens is 3. The van der Waals surface area contributed by atoms with Gasteiger partial charge in [0.1, 0.15) is 23.8 Å². The third-order valence-electron chi connectivity index (χ3n) is 6.73. The Hall–Kier alpha value is -3.97. The number of nitrogens with zero attached hydrogens (tertiary/aromatic N) is 4. The molecule has 1 amide bonds. The molecule has 0 saturated carbocycles. The summed E-state index contributed by atoms with van der Waals surface area (Å²) in [5, 5.41) is 5.90. The number of amides is 1. The van der Waals surface area contributed by atoms with Gasteiger partial charge >= 0.3 is 0 Å². The minimum absolute atomic E-state index is 0.0505. The molecule has 2 aliphatic rings. The summed E-state index contributed by atoms with van der Waals surface area (Å²) >= 11 is 0. The summed E-state index contributed by atoms with van der Waals surface area (Å²) in [6.07, 6.45) is 3.65. The molecule has 2 N–H and O–H groups in total. The molecule has 3 aromatic heterocycles. The van der Waals surface area contributed by atoms with E-state index in [1.807, 2.05) is 19.9 Å². The second-order valence-electron chi connectivity index (χ2n) is 10.9. The van der Waals surface area contributed by atoms with E-state index < -0.39 is 15.4 Å². The molecule has 0 spiro atoms. The fraction of sp³-hybridized carbons (Fsp3) is 0.429. The Morgan fingerprint density at radius 1 is 1.20 bits per heavy atom. The van der Waals surface area contributed by atoms with Gasteiger partial charge in [-0.25, -0.2) is 23.4 Å². The Balaban J connectivity index is 1.55. The van der Waals surface area contributed by atoms with Crippen LogP contribution in [0.5, 0.6) is 11.6 Å². The van der Waals surface area contributed by atoms with E-state index >= 15 is 0 Å². The van der Waals surface area contributed by atoms with Crippen LogP contribution in [-0.2, 0) is 19.4 Å². The van der Waals surface area contributed by atoms with Crippen LogP contribution in [0.3, 0.4) is 0 Å². The lowest BCUT2D eigenvalue weighted by molar-refractivity contribution is -0.114. The van der Waals surface area contributed by atoms with Crippen LogP contribution in [0.15, 0.2) is 41.6 Å². The molecule has 1 saturated heterocycles. The first-order valence-electron chi connectivity index (χ1n) is 13.2. The number of hydrogen-bond donors (Lipinski definition) is 2. The van der Waals surface area contributed by atoms with Crippen molar-refractivity contribution in [2.24, 2.45) is 5.92 Å². The molecule has 3 aromatic rings. The monoisotopic (exact) mass is 582 g/mol. The molecule has 0 bridgehead atoms. The Bertz CT molecular complexity index is 1580. The van der Waals surface area contributed by atoms with Crippen LogP contribution in [0.25, 0.3) is 11.3 Å². The van der Waals surface area contributed by atoms with E-state index in [0.29, 0.717) is 59.3 Å². The number of rotatable bonds is 8. The second-order valence-corrected chi connectivity index (χ2v) is 12.9. The second kappa shape index (κ2) is 11.1.